The van der Waals surface area contributed by atoms with E-state index in [4.69, 9.17) is 9.47 Å². The van der Waals surface area contributed by atoms with E-state index >= 15 is 0 Å². The van der Waals surface area contributed by atoms with Gasteiger partial charge in [0.1, 0.15) is 0 Å². The highest BCUT2D eigenvalue weighted by molar-refractivity contribution is 5.77. The summed E-state index contributed by atoms with van der Waals surface area (Å²) >= 11 is 0. The Labute approximate surface area is 165 Å². The van der Waals surface area contributed by atoms with E-state index < -0.39 is 0 Å². The zero-order chi connectivity index (χ0) is 18.9. The minimum atomic E-state index is 0.127. The summed E-state index contributed by atoms with van der Waals surface area (Å²) in [6, 6.07) is 0. The third-order valence-corrected chi connectivity index (χ3v) is 6.63. The molecule has 1 aliphatic heterocycles. The Bertz CT molecular complexity index is 431. The van der Waals surface area contributed by atoms with Gasteiger partial charge in [-0.05, 0) is 44.4 Å². The SMILES string of the molecule is CC1CCCCC1OCCNC(=O)CN1CCC(OC2CCCCC2)CC1. The van der Waals surface area contributed by atoms with Crippen LogP contribution in [0.3, 0.4) is 0 Å². The van der Waals surface area contributed by atoms with Crippen LogP contribution in [0.15, 0.2) is 0 Å². The number of carbonyl (C=O) groups excluding carboxylic acids is 1. The number of amides is 1. The zero-order valence-electron chi connectivity index (χ0n) is 17.3. The predicted octanol–water partition coefficient (Wildman–Crippen LogP) is 3.51. The Morgan fingerprint density at radius 3 is 2.33 bits per heavy atom. The molecule has 3 aliphatic rings. The minimum Gasteiger partial charge on any atom is -0.376 e. The Kier molecular flexibility index (Phi) is 8.88. The number of ether oxygens (including phenoxy) is 2. The van der Waals surface area contributed by atoms with E-state index in [1.54, 1.807) is 0 Å². The predicted molar refractivity (Wildman–Crippen MR) is 108 cm³/mol. The standard InChI is InChI=1S/C22H40N2O3/c1-18-7-5-6-10-21(18)26-16-13-23-22(25)17-24-14-11-20(12-15-24)27-19-8-3-2-4-9-19/h18-21H,2-17H2,1H3,(H,23,25). The molecule has 0 spiro atoms. The summed E-state index contributed by atoms with van der Waals surface area (Å²) in [6.45, 7) is 6.00. The third kappa shape index (κ3) is 7.35. The highest BCUT2D eigenvalue weighted by atomic mass is 16.5. The molecule has 0 bridgehead atoms. The summed E-state index contributed by atoms with van der Waals surface area (Å²) in [4.78, 5) is 14.4. The second-order valence-corrected chi connectivity index (χ2v) is 8.89. The minimum absolute atomic E-state index is 0.127. The van der Waals surface area contributed by atoms with E-state index in [1.165, 1.54) is 57.8 Å². The quantitative estimate of drug-likeness (QED) is 0.655. The fourth-order valence-corrected chi connectivity index (χ4v) is 4.87. The highest BCUT2D eigenvalue weighted by Gasteiger charge is 2.25. The van der Waals surface area contributed by atoms with Gasteiger partial charge in [-0.2, -0.15) is 0 Å². The van der Waals surface area contributed by atoms with Crippen molar-refractivity contribution in [2.45, 2.75) is 95.9 Å². The van der Waals surface area contributed by atoms with Gasteiger partial charge in [-0.3, -0.25) is 9.69 Å². The Balaban J connectivity index is 1.22. The smallest absolute Gasteiger partial charge is 0.234 e. The molecule has 1 saturated heterocycles. The molecule has 1 N–H and O–H groups in total. The van der Waals surface area contributed by atoms with Gasteiger partial charge in [0.2, 0.25) is 5.91 Å². The molecule has 27 heavy (non-hydrogen) atoms. The van der Waals surface area contributed by atoms with Gasteiger partial charge >= 0.3 is 0 Å². The average Bonchev–Trinajstić information content (AvgIpc) is 2.69. The number of carbonyl (C=O) groups is 1. The molecule has 2 saturated carbocycles. The van der Waals surface area contributed by atoms with Gasteiger partial charge in [-0.25, -0.2) is 0 Å². The first kappa shape index (κ1) is 21.1. The molecule has 3 rings (SSSR count). The topological polar surface area (TPSA) is 50.8 Å². The maximum absolute atomic E-state index is 12.2. The van der Waals surface area contributed by atoms with E-state index in [-0.39, 0.29) is 5.91 Å². The summed E-state index contributed by atoms with van der Waals surface area (Å²) in [6.07, 6.45) is 15.0. The molecule has 0 aromatic carbocycles. The molecule has 2 unspecified atom stereocenters. The first-order chi connectivity index (χ1) is 13.2. The second-order valence-electron chi connectivity index (χ2n) is 8.89. The Morgan fingerprint density at radius 1 is 0.926 bits per heavy atom. The van der Waals surface area contributed by atoms with Crippen LogP contribution >= 0.6 is 0 Å². The van der Waals surface area contributed by atoms with Crippen molar-refractivity contribution in [2.75, 3.05) is 32.8 Å². The van der Waals surface area contributed by atoms with E-state index in [2.05, 4.69) is 17.1 Å². The van der Waals surface area contributed by atoms with Gasteiger partial charge in [0, 0.05) is 19.6 Å². The molecule has 0 aromatic rings. The lowest BCUT2D eigenvalue weighted by Gasteiger charge is -2.34. The van der Waals surface area contributed by atoms with Crippen LogP contribution in [0, 0.1) is 5.92 Å². The number of piperidine rings is 1. The Morgan fingerprint density at radius 2 is 1.59 bits per heavy atom. The lowest BCUT2D eigenvalue weighted by atomic mass is 9.88. The third-order valence-electron chi connectivity index (χ3n) is 6.63. The monoisotopic (exact) mass is 380 g/mol. The van der Waals surface area contributed by atoms with Crippen molar-refractivity contribution in [3.05, 3.63) is 0 Å². The zero-order valence-corrected chi connectivity index (χ0v) is 17.3. The van der Waals surface area contributed by atoms with Crippen LogP contribution in [0.4, 0.5) is 0 Å². The molecular weight excluding hydrogens is 340 g/mol. The van der Waals surface area contributed by atoms with Crippen LogP contribution < -0.4 is 5.32 Å². The van der Waals surface area contributed by atoms with Crippen LogP contribution in [0.5, 0.6) is 0 Å². The molecule has 3 fully saturated rings. The van der Waals surface area contributed by atoms with Crippen LogP contribution in [0.1, 0.15) is 77.6 Å². The summed E-state index contributed by atoms with van der Waals surface area (Å²) in [5.74, 6) is 0.786. The maximum atomic E-state index is 12.2. The van der Waals surface area contributed by atoms with Gasteiger partial charge in [-0.15, -0.1) is 0 Å². The van der Waals surface area contributed by atoms with Crippen molar-refractivity contribution in [3.63, 3.8) is 0 Å². The molecule has 0 radical (unpaired) electrons. The molecule has 1 heterocycles. The lowest BCUT2D eigenvalue weighted by molar-refractivity contribution is -0.123. The average molecular weight is 381 g/mol. The fourth-order valence-electron chi connectivity index (χ4n) is 4.87. The lowest BCUT2D eigenvalue weighted by Crippen LogP contribution is -2.44. The van der Waals surface area contributed by atoms with Crippen LogP contribution in [0.2, 0.25) is 0 Å². The highest BCUT2D eigenvalue weighted by Crippen LogP contribution is 2.26. The number of likely N-dealkylation sites (tertiary alicyclic amines) is 1. The summed E-state index contributed by atoms with van der Waals surface area (Å²) < 4.78 is 12.3. The van der Waals surface area contributed by atoms with Crippen LogP contribution in [-0.2, 0) is 14.3 Å². The molecule has 156 valence electrons. The molecule has 5 nitrogen and oxygen atoms in total. The van der Waals surface area contributed by atoms with Crippen molar-refractivity contribution >= 4 is 5.91 Å². The second kappa shape index (κ2) is 11.4. The maximum Gasteiger partial charge on any atom is 0.234 e. The summed E-state index contributed by atoms with van der Waals surface area (Å²) in [5.41, 5.74) is 0. The van der Waals surface area contributed by atoms with Crippen molar-refractivity contribution in [1.29, 1.82) is 0 Å². The van der Waals surface area contributed by atoms with Gasteiger partial charge in [0.15, 0.2) is 0 Å². The van der Waals surface area contributed by atoms with E-state index in [1.807, 2.05) is 0 Å². The van der Waals surface area contributed by atoms with Crippen molar-refractivity contribution < 1.29 is 14.3 Å². The number of nitrogens with zero attached hydrogens (tertiary/aromatic N) is 1. The summed E-state index contributed by atoms with van der Waals surface area (Å²) in [7, 11) is 0. The molecular formula is C22H40N2O3. The molecule has 2 aliphatic carbocycles. The molecule has 1 amide bonds. The summed E-state index contributed by atoms with van der Waals surface area (Å²) in [5, 5.41) is 3.02. The number of nitrogens with one attached hydrogen (secondary N) is 1. The molecule has 5 heteroatoms. The first-order valence-corrected chi connectivity index (χ1v) is 11.5. The fraction of sp³-hybridized carbons (Fsp3) is 0.955. The van der Waals surface area contributed by atoms with Gasteiger partial charge in [-0.1, -0.05) is 39.0 Å². The van der Waals surface area contributed by atoms with Crippen LogP contribution in [-0.4, -0.2) is 61.9 Å². The van der Waals surface area contributed by atoms with E-state index in [0.717, 1.165) is 25.9 Å². The van der Waals surface area contributed by atoms with E-state index in [0.29, 0.717) is 43.9 Å². The normalized spacial score (nSPS) is 28.9. The van der Waals surface area contributed by atoms with Gasteiger partial charge in [0.25, 0.3) is 0 Å². The van der Waals surface area contributed by atoms with Crippen LogP contribution in [0.25, 0.3) is 0 Å². The number of hydrogen-bond donors (Lipinski definition) is 1. The molecule has 0 aromatic heterocycles. The first-order valence-electron chi connectivity index (χ1n) is 11.5. The number of hydrogen-bond acceptors (Lipinski definition) is 4. The van der Waals surface area contributed by atoms with Gasteiger partial charge in [0.05, 0.1) is 31.5 Å². The van der Waals surface area contributed by atoms with Crippen molar-refractivity contribution in [2.24, 2.45) is 5.92 Å². The van der Waals surface area contributed by atoms with Gasteiger partial charge < -0.3 is 14.8 Å². The molecule has 2 atom stereocenters. The van der Waals surface area contributed by atoms with Crippen molar-refractivity contribution in [3.8, 4) is 0 Å². The van der Waals surface area contributed by atoms with E-state index in [9.17, 15) is 4.79 Å². The number of rotatable bonds is 8. The largest absolute Gasteiger partial charge is 0.376 e. The van der Waals surface area contributed by atoms with Crippen molar-refractivity contribution in [1.82, 2.24) is 10.2 Å². The Hall–Kier alpha value is -0.650.